The van der Waals surface area contributed by atoms with Crippen molar-refractivity contribution in [3.05, 3.63) is 24.3 Å². The van der Waals surface area contributed by atoms with Crippen LogP contribution in [0.1, 0.15) is 187 Å². The van der Waals surface area contributed by atoms with Crippen molar-refractivity contribution in [1.29, 1.82) is 0 Å². The van der Waals surface area contributed by atoms with Crippen LogP contribution in [0.4, 0.5) is 0 Å². The Morgan fingerprint density at radius 2 is 1.18 bits per heavy atom. The maximum absolute atomic E-state index is 12.7. The number of unbranched alkanes of at least 4 members (excludes halogenated alkanes) is 22. The van der Waals surface area contributed by atoms with E-state index in [1.165, 1.54) is 128 Å². The lowest BCUT2D eigenvalue weighted by Gasteiger charge is -2.25. The van der Waals surface area contributed by atoms with Gasteiger partial charge in [0.1, 0.15) is 0 Å². The summed E-state index contributed by atoms with van der Waals surface area (Å²) in [5, 5.41) is 23.9. The van der Waals surface area contributed by atoms with Crippen molar-refractivity contribution < 1.29 is 33.5 Å². The van der Waals surface area contributed by atoms with E-state index in [2.05, 4.69) is 31.3 Å². The van der Waals surface area contributed by atoms with Gasteiger partial charge in [0, 0.05) is 6.54 Å². The Balaban J connectivity index is 4.37. The Morgan fingerprint density at radius 3 is 1.68 bits per heavy atom. The summed E-state index contributed by atoms with van der Waals surface area (Å²) >= 11 is 0. The number of allylic oxidation sites excluding steroid dienone is 3. The fourth-order valence-corrected chi connectivity index (χ4v) is 6.76. The first-order valence-corrected chi connectivity index (χ1v) is 22.0. The highest BCUT2D eigenvalue weighted by Gasteiger charge is 2.28. The van der Waals surface area contributed by atoms with E-state index in [1.54, 1.807) is 6.08 Å². The molecule has 0 aromatic carbocycles. The summed E-state index contributed by atoms with van der Waals surface area (Å²) in [5.41, 5.74) is 5.35. The Bertz CT molecular complexity index is 858. The highest BCUT2D eigenvalue weighted by Crippen LogP contribution is 2.43. The molecule has 4 unspecified atom stereocenters. The summed E-state index contributed by atoms with van der Waals surface area (Å²) in [6.07, 6.45) is 36.8. The summed E-state index contributed by atoms with van der Waals surface area (Å²) in [6.45, 7) is 3.98. The predicted octanol–water partition coefficient (Wildman–Crippen LogP) is 9.97. The second kappa shape index (κ2) is 36.3. The number of nitrogens with two attached hydrogens (primary N) is 1. The Labute approximate surface area is 307 Å². The number of hydrogen-bond donors (Lipinski definition) is 5. The van der Waals surface area contributed by atoms with Crippen LogP contribution in [0.25, 0.3) is 0 Å². The summed E-state index contributed by atoms with van der Waals surface area (Å²) in [7, 11) is -4.38. The molecule has 0 saturated heterocycles. The van der Waals surface area contributed by atoms with Crippen LogP contribution in [0.5, 0.6) is 0 Å². The monoisotopic (exact) mass is 731 g/mol. The van der Waals surface area contributed by atoms with Crippen LogP contribution in [0.3, 0.4) is 0 Å². The molecule has 0 heterocycles. The van der Waals surface area contributed by atoms with Crippen LogP contribution in [-0.4, -0.2) is 59.0 Å². The number of phosphoric acid groups is 1. The van der Waals surface area contributed by atoms with Crippen molar-refractivity contribution in [1.82, 2.24) is 5.32 Å². The zero-order valence-electron chi connectivity index (χ0n) is 32.3. The number of hydrogen-bond acceptors (Lipinski definition) is 7. The molecule has 10 heteroatoms. The van der Waals surface area contributed by atoms with E-state index in [0.29, 0.717) is 12.8 Å². The molecule has 0 aliphatic heterocycles. The van der Waals surface area contributed by atoms with Gasteiger partial charge in [-0.05, 0) is 25.7 Å². The summed E-state index contributed by atoms with van der Waals surface area (Å²) < 4.78 is 22.1. The van der Waals surface area contributed by atoms with Crippen LogP contribution < -0.4 is 11.1 Å². The molecule has 0 aliphatic rings. The minimum atomic E-state index is -4.38. The quantitative estimate of drug-likeness (QED) is 0.0239. The van der Waals surface area contributed by atoms with E-state index in [1.807, 2.05) is 6.08 Å². The van der Waals surface area contributed by atoms with Crippen LogP contribution in [0.15, 0.2) is 24.3 Å². The number of carbonyl (C=O) groups excluding carboxylic acids is 1. The van der Waals surface area contributed by atoms with Crippen LogP contribution in [0, 0.1) is 0 Å². The zero-order chi connectivity index (χ0) is 37.0. The van der Waals surface area contributed by atoms with Crippen LogP contribution in [-0.2, 0) is 18.4 Å². The first kappa shape index (κ1) is 48.9. The van der Waals surface area contributed by atoms with Crippen molar-refractivity contribution in [2.45, 2.75) is 205 Å². The van der Waals surface area contributed by atoms with Gasteiger partial charge < -0.3 is 26.2 Å². The van der Waals surface area contributed by atoms with Gasteiger partial charge >= 0.3 is 7.82 Å². The molecule has 9 nitrogen and oxygen atoms in total. The summed E-state index contributed by atoms with van der Waals surface area (Å²) in [6, 6.07) is -0.924. The molecule has 0 spiro atoms. The summed E-state index contributed by atoms with van der Waals surface area (Å²) in [4.78, 5) is 22.7. The molecule has 0 aromatic rings. The molecule has 0 rings (SSSR count). The lowest BCUT2D eigenvalue weighted by atomic mass is 10.0. The SMILES string of the molecule is CCCCCCCC/C=C\C/C=C\C(O)CC(=O)NC(COP(=O)(O)OCCN)C(O)CCCCCCCCCCCCCCCCCCC. The number of nitrogens with one attached hydrogen (secondary N) is 1. The van der Waals surface area contributed by atoms with Crippen LogP contribution >= 0.6 is 7.82 Å². The third kappa shape index (κ3) is 34.0. The minimum Gasteiger partial charge on any atom is -0.391 e. The third-order valence-electron chi connectivity index (χ3n) is 9.12. The Hall–Kier alpha value is -1.06. The third-order valence-corrected chi connectivity index (χ3v) is 10.1. The second-order valence-electron chi connectivity index (χ2n) is 14.0. The van der Waals surface area contributed by atoms with Gasteiger partial charge in [-0.25, -0.2) is 4.57 Å². The van der Waals surface area contributed by atoms with E-state index < -0.39 is 38.6 Å². The van der Waals surface area contributed by atoms with Crippen molar-refractivity contribution in [2.24, 2.45) is 5.73 Å². The van der Waals surface area contributed by atoms with Gasteiger partial charge in [0.2, 0.25) is 5.91 Å². The average Bonchev–Trinajstić information content (AvgIpc) is 3.09. The number of carbonyl (C=O) groups is 1. The smallest absolute Gasteiger partial charge is 0.391 e. The van der Waals surface area contributed by atoms with Crippen LogP contribution in [0.2, 0.25) is 0 Å². The second-order valence-corrected chi connectivity index (χ2v) is 15.5. The lowest BCUT2D eigenvalue weighted by Crippen LogP contribution is -2.47. The standard InChI is InChI=1S/C40H79N2O7P/c1-3-5-7-9-11-13-15-16-17-18-19-20-22-24-26-28-30-32-39(44)38(36-49-50(46,47)48-34-33-41)42-40(45)35-37(43)31-29-27-25-23-21-14-12-10-8-6-4-2/h23,25,29,31,37-39,43-44H,3-22,24,26-28,30,32-36,41H2,1-2H3,(H,42,45)(H,46,47)/b25-23-,31-29-. The molecule has 0 aliphatic carbocycles. The topological polar surface area (TPSA) is 151 Å². The largest absolute Gasteiger partial charge is 0.472 e. The molecule has 6 N–H and O–H groups in total. The van der Waals surface area contributed by atoms with E-state index in [-0.39, 0.29) is 19.6 Å². The van der Waals surface area contributed by atoms with E-state index in [9.17, 15) is 24.5 Å². The normalized spacial score (nSPS) is 15.1. The molecular weight excluding hydrogens is 651 g/mol. The first-order chi connectivity index (χ1) is 24.3. The van der Waals surface area contributed by atoms with Gasteiger partial charge in [-0.2, -0.15) is 0 Å². The maximum atomic E-state index is 12.7. The van der Waals surface area contributed by atoms with Crippen molar-refractivity contribution in [2.75, 3.05) is 19.8 Å². The molecular formula is C40H79N2O7P. The molecule has 4 atom stereocenters. The molecule has 296 valence electrons. The van der Waals surface area contributed by atoms with Crippen molar-refractivity contribution in [3.8, 4) is 0 Å². The Kier molecular flexibility index (Phi) is 35.5. The molecule has 0 saturated carbocycles. The maximum Gasteiger partial charge on any atom is 0.472 e. The number of aliphatic hydroxyl groups excluding tert-OH is 2. The van der Waals surface area contributed by atoms with Gasteiger partial charge in [-0.3, -0.25) is 13.8 Å². The number of aliphatic hydroxyl groups is 2. The Morgan fingerprint density at radius 1 is 0.700 bits per heavy atom. The van der Waals surface area contributed by atoms with E-state index in [0.717, 1.165) is 25.7 Å². The molecule has 0 radical (unpaired) electrons. The first-order valence-electron chi connectivity index (χ1n) is 20.5. The van der Waals surface area contributed by atoms with Gasteiger partial charge in [-0.15, -0.1) is 0 Å². The molecule has 0 fully saturated rings. The number of rotatable bonds is 38. The van der Waals surface area contributed by atoms with E-state index in [4.69, 9.17) is 14.8 Å². The van der Waals surface area contributed by atoms with Crippen molar-refractivity contribution in [3.63, 3.8) is 0 Å². The van der Waals surface area contributed by atoms with Crippen molar-refractivity contribution >= 4 is 13.7 Å². The fourth-order valence-electron chi connectivity index (χ4n) is 6.00. The molecule has 0 aromatic heterocycles. The predicted molar refractivity (Wildman–Crippen MR) is 209 cm³/mol. The van der Waals surface area contributed by atoms with E-state index >= 15 is 0 Å². The number of phosphoric ester groups is 1. The molecule has 1 amide bonds. The lowest BCUT2D eigenvalue weighted by molar-refractivity contribution is -0.124. The minimum absolute atomic E-state index is 0.0519. The highest BCUT2D eigenvalue weighted by molar-refractivity contribution is 7.47. The highest BCUT2D eigenvalue weighted by atomic mass is 31.2. The zero-order valence-corrected chi connectivity index (χ0v) is 33.1. The molecule has 50 heavy (non-hydrogen) atoms. The fraction of sp³-hybridized carbons (Fsp3) is 0.875. The van der Waals surface area contributed by atoms with Gasteiger partial charge in [0.25, 0.3) is 0 Å². The number of amides is 1. The van der Waals surface area contributed by atoms with Gasteiger partial charge in [-0.1, -0.05) is 179 Å². The summed E-state index contributed by atoms with van der Waals surface area (Å²) in [5.74, 6) is -0.480. The average molecular weight is 731 g/mol. The van der Waals surface area contributed by atoms with Gasteiger partial charge in [0.05, 0.1) is 37.9 Å². The van der Waals surface area contributed by atoms with Gasteiger partial charge in [0.15, 0.2) is 0 Å². The molecule has 0 bridgehead atoms.